The lowest BCUT2D eigenvalue weighted by Crippen LogP contribution is -2.59. The van der Waals surface area contributed by atoms with Crippen LogP contribution in [0, 0.1) is 5.41 Å². The average molecular weight is 358 g/mol. The topological polar surface area (TPSA) is 67.9 Å². The molecule has 1 atom stereocenters. The Morgan fingerprint density at radius 1 is 1.28 bits per heavy atom. The van der Waals surface area contributed by atoms with Crippen molar-refractivity contribution < 1.29 is 32.2 Å². The third kappa shape index (κ3) is 3.71. The zero-order valence-corrected chi connectivity index (χ0v) is 13.2. The van der Waals surface area contributed by atoms with Crippen molar-refractivity contribution in [3.05, 3.63) is 35.9 Å². The van der Waals surface area contributed by atoms with Gasteiger partial charge < -0.3 is 19.7 Å². The molecule has 1 N–H and O–H groups in total. The lowest BCUT2D eigenvalue weighted by atomic mass is 9.81. The minimum atomic E-state index is -4.97. The molecule has 0 unspecified atom stereocenters. The van der Waals surface area contributed by atoms with Crippen LogP contribution in [0.3, 0.4) is 0 Å². The molecule has 2 aliphatic heterocycles. The van der Waals surface area contributed by atoms with Crippen molar-refractivity contribution in [2.45, 2.75) is 18.8 Å². The zero-order chi connectivity index (χ0) is 18.1. The number of nitrogens with zero attached hydrogens (tertiary/aromatic N) is 1. The Morgan fingerprint density at radius 3 is 2.52 bits per heavy atom. The fourth-order valence-corrected chi connectivity index (χ4v) is 3.01. The summed E-state index contributed by atoms with van der Waals surface area (Å²) in [5.41, 5.74) is 0.116. The molecule has 1 aromatic rings. The maximum absolute atomic E-state index is 12.5. The summed E-state index contributed by atoms with van der Waals surface area (Å²) >= 11 is 0. The monoisotopic (exact) mass is 358 g/mol. The van der Waals surface area contributed by atoms with E-state index in [9.17, 15) is 22.8 Å². The molecule has 2 saturated heterocycles. The molecule has 2 fully saturated rings. The van der Waals surface area contributed by atoms with Crippen LogP contribution >= 0.6 is 0 Å². The molecule has 9 heteroatoms. The smallest absolute Gasteiger partial charge is 0.445 e. The van der Waals surface area contributed by atoms with Gasteiger partial charge in [-0.1, -0.05) is 30.3 Å². The van der Waals surface area contributed by atoms with Gasteiger partial charge in [-0.25, -0.2) is 4.79 Å². The van der Waals surface area contributed by atoms with Crippen LogP contribution in [0.1, 0.15) is 5.56 Å². The number of ether oxygens (including phenoxy) is 2. The highest BCUT2D eigenvalue weighted by Crippen LogP contribution is 2.38. The van der Waals surface area contributed by atoms with E-state index in [0.29, 0.717) is 0 Å². The molecule has 6 nitrogen and oxygen atoms in total. The molecule has 1 aromatic carbocycles. The number of halogens is 3. The van der Waals surface area contributed by atoms with E-state index in [1.54, 1.807) is 12.1 Å². The molecule has 2 heterocycles. The first kappa shape index (κ1) is 17.5. The van der Waals surface area contributed by atoms with Crippen molar-refractivity contribution in [3.8, 4) is 0 Å². The molecule has 136 valence electrons. The van der Waals surface area contributed by atoms with E-state index < -0.39 is 29.6 Å². The number of rotatable bonds is 3. The highest BCUT2D eigenvalue weighted by Gasteiger charge is 2.55. The Hall–Kier alpha value is -2.29. The predicted octanol–water partition coefficient (Wildman–Crippen LogP) is 1.70. The van der Waals surface area contributed by atoms with E-state index in [4.69, 9.17) is 9.47 Å². The molecule has 25 heavy (non-hydrogen) atoms. The van der Waals surface area contributed by atoms with Crippen LogP contribution < -0.4 is 5.32 Å². The van der Waals surface area contributed by atoms with Gasteiger partial charge in [0.15, 0.2) is 0 Å². The molecule has 1 spiro atoms. The Morgan fingerprint density at radius 2 is 1.96 bits per heavy atom. The number of amides is 2. The van der Waals surface area contributed by atoms with Gasteiger partial charge in [0.05, 0.1) is 24.7 Å². The van der Waals surface area contributed by atoms with Gasteiger partial charge in [-0.3, -0.25) is 4.79 Å². The van der Waals surface area contributed by atoms with Crippen LogP contribution in [-0.4, -0.2) is 55.4 Å². The van der Waals surface area contributed by atoms with E-state index in [2.05, 4.69) is 0 Å². The fourth-order valence-electron chi connectivity index (χ4n) is 3.01. The first-order valence-electron chi connectivity index (χ1n) is 7.71. The molecular weight excluding hydrogens is 341 g/mol. The molecule has 2 aliphatic rings. The Kier molecular flexibility index (Phi) is 4.59. The second kappa shape index (κ2) is 6.55. The summed E-state index contributed by atoms with van der Waals surface area (Å²) in [6.07, 6.45) is -5.59. The molecule has 0 aliphatic carbocycles. The lowest BCUT2D eigenvalue weighted by Gasteiger charge is -2.42. The number of likely N-dealkylation sites (tertiary alicyclic amines) is 1. The number of hydrogen-bond acceptors (Lipinski definition) is 4. The van der Waals surface area contributed by atoms with Crippen LogP contribution in [0.5, 0.6) is 0 Å². The Bertz CT molecular complexity index is 647. The third-order valence-corrected chi connectivity index (χ3v) is 4.45. The Balaban J connectivity index is 1.60. The highest BCUT2D eigenvalue weighted by molar-refractivity contribution is 5.82. The van der Waals surface area contributed by atoms with E-state index in [-0.39, 0.29) is 32.9 Å². The molecular formula is C16H17F3N2O4. The van der Waals surface area contributed by atoms with Gasteiger partial charge in [0.2, 0.25) is 0 Å². The Labute approximate surface area is 141 Å². The summed E-state index contributed by atoms with van der Waals surface area (Å²) in [7, 11) is 0. The van der Waals surface area contributed by atoms with Crippen LogP contribution in [0.25, 0.3) is 0 Å². The van der Waals surface area contributed by atoms with E-state index in [1.165, 1.54) is 4.90 Å². The molecule has 0 bridgehead atoms. The van der Waals surface area contributed by atoms with Gasteiger partial charge in [0.25, 0.3) is 0 Å². The normalized spacial score (nSPS) is 21.7. The van der Waals surface area contributed by atoms with Gasteiger partial charge in [-0.05, 0) is 5.56 Å². The second-order valence-corrected chi connectivity index (χ2v) is 6.30. The first-order valence-corrected chi connectivity index (χ1v) is 7.71. The van der Waals surface area contributed by atoms with Crippen LogP contribution in [-0.2, 0) is 20.9 Å². The average Bonchev–Trinajstić information content (AvgIpc) is 2.92. The van der Waals surface area contributed by atoms with Crippen LogP contribution in [0.15, 0.2) is 30.3 Å². The van der Waals surface area contributed by atoms with Crippen molar-refractivity contribution in [2.75, 3.05) is 26.3 Å². The van der Waals surface area contributed by atoms with Crippen molar-refractivity contribution in [2.24, 2.45) is 5.41 Å². The van der Waals surface area contributed by atoms with Gasteiger partial charge in [-0.2, -0.15) is 13.2 Å². The molecule has 2 amide bonds. The molecule has 0 saturated carbocycles. The first-order chi connectivity index (χ1) is 11.8. The minimum absolute atomic E-state index is 0.0429. The fraction of sp³-hybridized carbons (Fsp3) is 0.500. The van der Waals surface area contributed by atoms with Gasteiger partial charge in [-0.15, -0.1) is 0 Å². The van der Waals surface area contributed by atoms with Gasteiger partial charge >= 0.3 is 18.2 Å². The van der Waals surface area contributed by atoms with Crippen molar-refractivity contribution in [1.29, 1.82) is 0 Å². The largest absolute Gasteiger partial charge is 0.471 e. The van der Waals surface area contributed by atoms with Crippen molar-refractivity contribution in [1.82, 2.24) is 10.2 Å². The minimum Gasteiger partial charge on any atom is -0.445 e. The SMILES string of the molecule is O=C(OCc1ccccc1)N1C[C@@H](NC(=O)C(F)(F)F)C2(COC2)C1. The molecule has 0 radical (unpaired) electrons. The number of carbonyl (C=O) groups excluding carboxylic acids is 2. The summed E-state index contributed by atoms with van der Waals surface area (Å²) in [5, 5.41) is 1.98. The number of hydrogen-bond donors (Lipinski definition) is 1. The summed E-state index contributed by atoms with van der Waals surface area (Å²) in [6.45, 7) is 0.595. The van der Waals surface area contributed by atoms with Gasteiger partial charge in [0, 0.05) is 13.1 Å². The van der Waals surface area contributed by atoms with Gasteiger partial charge in [0.1, 0.15) is 6.61 Å². The number of nitrogens with one attached hydrogen (secondary N) is 1. The predicted molar refractivity (Wildman–Crippen MR) is 79.4 cm³/mol. The highest BCUT2D eigenvalue weighted by atomic mass is 19.4. The molecule has 0 aromatic heterocycles. The number of alkyl halides is 3. The van der Waals surface area contributed by atoms with E-state index >= 15 is 0 Å². The van der Waals surface area contributed by atoms with Crippen molar-refractivity contribution >= 4 is 12.0 Å². The maximum Gasteiger partial charge on any atom is 0.471 e. The van der Waals surface area contributed by atoms with E-state index in [1.807, 2.05) is 23.5 Å². The third-order valence-electron chi connectivity index (χ3n) is 4.45. The standard InChI is InChI=1S/C16H17F3N2O4/c17-16(18,19)13(22)20-12-6-21(8-15(12)9-24-10-15)14(23)25-7-11-4-2-1-3-5-11/h1-5,12H,6-10H2,(H,20,22)/t12-/m1/s1. The second-order valence-electron chi connectivity index (χ2n) is 6.30. The number of carbonyl (C=O) groups is 2. The zero-order valence-electron chi connectivity index (χ0n) is 13.2. The summed E-state index contributed by atoms with van der Waals surface area (Å²) < 4.78 is 47.8. The maximum atomic E-state index is 12.5. The lowest BCUT2D eigenvalue weighted by molar-refractivity contribution is -0.178. The van der Waals surface area contributed by atoms with Crippen LogP contribution in [0.4, 0.5) is 18.0 Å². The van der Waals surface area contributed by atoms with Crippen LogP contribution in [0.2, 0.25) is 0 Å². The van der Waals surface area contributed by atoms with E-state index in [0.717, 1.165) is 5.56 Å². The number of benzene rings is 1. The molecule has 3 rings (SSSR count). The quantitative estimate of drug-likeness (QED) is 0.893. The summed E-state index contributed by atoms with van der Waals surface area (Å²) in [5.74, 6) is -2.01. The summed E-state index contributed by atoms with van der Waals surface area (Å²) in [4.78, 5) is 24.7. The summed E-state index contributed by atoms with van der Waals surface area (Å²) in [6, 6.07) is 8.22. The van der Waals surface area contributed by atoms with Crippen molar-refractivity contribution in [3.63, 3.8) is 0 Å².